The SMILES string of the molecule is [CH2]C(OC1CC1)(c1ccccc1)c1nc(N2CCC(C#Cc3ccc(OC)c(N4CCC(=O)NC4=O)c3)CC2)nc2ccc(-c3cn(C)c(=O)c4[nH]ccc34)cc12. The zero-order valence-electron chi connectivity index (χ0n) is 31.9. The van der Waals surface area contributed by atoms with Gasteiger partial charge in [-0.3, -0.25) is 19.8 Å². The first-order valence-electron chi connectivity index (χ1n) is 19.3. The second kappa shape index (κ2) is 14.6. The second-order valence-electron chi connectivity index (χ2n) is 15.0. The molecule has 57 heavy (non-hydrogen) atoms. The second-order valence-corrected chi connectivity index (χ2v) is 15.0. The number of amides is 3. The summed E-state index contributed by atoms with van der Waals surface area (Å²) in [6.07, 6.45) is 7.54. The van der Waals surface area contributed by atoms with E-state index in [1.807, 2.05) is 66.9 Å². The Balaban J connectivity index is 1.04. The molecule has 3 aromatic heterocycles. The van der Waals surface area contributed by atoms with Crippen LogP contribution in [0.2, 0.25) is 0 Å². The van der Waals surface area contributed by atoms with Gasteiger partial charge in [0.15, 0.2) is 0 Å². The summed E-state index contributed by atoms with van der Waals surface area (Å²) in [4.78, 5) is 54.6. The predicted molar refractivity (Wildman–Crippen MR) is 219 cm³/mol. The van der Waals surface area contributed by atoms with E-state index in [1.54, 1.807) is 31.0 Å². The smallest absolute Gasteiger partial charge is 0.328 e. The molecule has 12 nitrogen and oxygen atoms in total. The van der Waals surface area contributed by atoms with Crippen LogP contribution in [0, 0.1) is 24.7 Å². The van der Waals surface area contributed by atoms with Crippen LogP contribution in [0.4, 0.5) is 16.4 Å². The van der Waals surface area contributed by atoms with Crippen LogP contribution in [-0.4, -0.2) is 64.3 Å². The quantitative estimate of drug-likeness (QED) is 0.169. The van der Waals surface area contributed by atoms with Gasteiger partial charge in [-0.05, 0) is 80.1 Å². The molecule has 1 unspecified atom stereocenters. The minimum atomic E-state index is -1.10. The number of carbonyl (C=O) groups is 2. The molecule has 6 aromatic rings. The van der Waals surface area contributed by atoms with Crippen LogP contribution < -0.4 is 25.4 Å². The number of H-pyrrole nitrogens is 1. The van der Waals surface area contributed by atoms with Gasteiger partial charge in [0.25, 0.3) is 5.56 Å². The highest BCUT2D eigenvalue weighted by atomic mass is 16.5. The number of rotatable bonds is 8. The Kier molecular flexibility index (Phi) is 9.25. The van der Waals surface area contributed by atoms with E-state index in [9.17, 15) is 14.4 Å². The van der Waals surface area contributed by atoms with Crippen molar-refractivity contribution in [1.29, 1.82) is 0 Å². The average molecular weight is 761 g/mol. The number of aromatic amines is 1. The molecule has 1 saturated carbocycles. The van der Waals surface area contributed by atoms with Crippen LogP contribution in [-0.2, 0) is 22.2 Å². The number of pyridine rings is 1. The number of methoxy groups -OCH3 is 1. The van der Waals surface area contributed by atoms with Crippen molar-refractivity contribution in [2.45, 2.75) is 43.8 Å². The lowest BCUT2D eigenvalue weighted by atomic mass is 9.88. The summed E-state index contributed by atoms with van der Waals surface area (Å²) in [7, 11) is 3.32. The maximum absolute atomic E-state index is 12.9. The number of urea groups is 1. The Morgan fingerprint density at radius 3 is 2.47 bits per heavy atom. The van der Waals surface area contributed by atoms with Crippen LogP contribution >= 0.6 is 0 Å². The molecular formula is C45H42N7O5. The molecule has 3 fully saturated rings. The maximum Gasteiger partial charge on any atom is 0.328 e. The van der Waals surface area contributed by atoms with Gasteiger partial charge in [-0.25, -0.2) is 14.8 Å². The van der Waals surface area contributed by atoms with Crippen molar-refractivity contribution in [2.75, 3.05) is 36.5 Å². The Morgan fingerprint density at radius 2 is 1.72 bits per heavy atom. The highest BCUT2D eigenvalue weighted by molar-refractivity contribution is 6.06. The molecule has 12 heteroatoms. The molecule has 3 aliphatic rings. The predicted octanol–water partition coefficient (Wildman–Crippen LogP) is 6.46. The number of nitrogens with one attached hydrogen (secondary N) is 2. The zero-order valence-corrected chi connectivity index (χ0v) is 31.9. The van der Waals surface area contributed by atoms with Gasteiger partial charge in [-0.1, -0.05) is 48.2 Å². The lowest BCUT2D eigenvalue weighted by Gasteiger charge is -2.34. The molecule has 287 valence electrons. The Hall–Kier alpha value is -6.45. The van der Waals surface area contributed by atoms with Crippen LogP contribution in [0.3, 0.4) is 0 Å². The van der Waals surface area contributed by atoms with E-state index in [2.05, 4.69) is 33.1 Å². The maximum atomic E-state index is 12.9. The number of ether oxygens (including phenoxy) is 2. The Morgan fingerprint density at radius 1 is 0.912 bits per heavy atom. The summed E-state index contributed by atoms with van der Waals surface area (Å²) in [5, 5.41) is 4.06. The van der Waals surface area contributed by atoms with Gasteiger partial charge < -0.3 is 23.9 Å². The molecule has 2 N–H and O–H groups in total. The van der Waals surface area contributed by atoms with Crippen molar-refractivity contribution >= 4 is 45.4 Å². The van der Waals surface area contributed by atoms with E-state index < -0.39 is 11.6 Å². The van der Waals surface area contributed by atoms with Gasteiger partial charge >= 0.3 is 6.03 Å². The van der Waals surface area contributed by atoms with Gasteiger partial charge in [-0.15, -0.1) is 0 Å². The number of benzene rings is 3. The number of aryl methyl sites for hydroxylation is 1. The molecule has 0 spiro atoms. The highest BCUT2D eigenvalue weighted by Crippen LogP contribution is 2.43. The van der Waals surface area contributed by atoms with Gasteiger partial charge in [0.1, 0.15) is 16.9 Å². The third kappa shape index (κ3) is 6.89. The summed E-state index contributed by atoms with van der Waals surface area (Å²) in [6, 6.07) is 23.2. The zero-order chi connectivity index (χ0) is 39.3. The number of aromatic nitrogens is 4. The van der Waals surface area contributed by atoms with E-state index in [0.29, 0.717) is 41.7 Å². The van der Waals surface area contributed by atoms with Crippen LogP contribution in [0.25, 0.3) is 32.9 Å². The fourth-order valence-corrected chi connectivity index (χ4v) is 7.85. The highest BCUT2D eigenvalue weighted by Gasteiger charge is 2.40. The van der Waals surface area contributed by atoms with E-state index in [1.165, 1.54) is 4.90 Å². The van der Waals surface area contributed by atoms with Crippen LogP contribution in [0.1, 0.15) is 48.9 Å². The van der Waals surface area contributed by atoms with Gasteiger partial charge in [0.05, 0.1) is 30.1 Å². The van der Waals surface area contributed by atoms with Crippen LogP contribution in [0.15, 0.2) is 90.0 Å². The Bertz CT molecular complexity index is 2670. The summed E-state index contributed by atoms with van der Waals surface area (Å²) < 4.78 is 14.0. The number of hydrogen-bond acceptors (Lipinski definition) is 8. The minimum absolute atomic E-state index is 0.0831. The number of imide groups is 1. The van der Waals surface area contributed by atoms with E-state index in [4.69, 9.17) is 26.4 Å². The first kappa shape index (κ1) is 36.2. The summed E-state index contributed by atoms with van der Waals surface area (Å²) in [5.74, 6) is 7.80. The first-order chi connectivity index (χ1) is 27.7. The molecule has 3 aromatic carbocycles. The number of fused-ring (bicyclic) bond motifs is 2. The first-order valence-corrected chi connectivity index (χ1v) is 19.3. The minimum Gasteiger partial charge on any atom is -0.495 e. The van der Waals surface area contributed by atoms with Crippen molar-refractivity contribution in [3.05, 3.63) is 119 Å². The van der Waals surface area contributed by atoms with Crippen molar-refractivity contribution in [3.8, 4) is 28.7 Å². The van der Waals surface area contributed by atoms with Crippen molar-refractivity contribution in [2.24, 2.45) is 13.0 Å². The lowest BCUT2D eigenvalue weighted by molar-refractivity contribution is -0.120. The molecule has 9 rings (SSSR count). The summed E-state index contributed by atoms with van der Waals surface area (Å²) in [5.41, 5.74) is 4.95. The molecular weight excluding hydrogens is 719 g/mol. The molecule has 2 aliphatic heterocycles. The monoisotopic (exact) mass is 760 g/mol. The number of carbonyl (C=O) groups excluding carboxylic acids is 2. The van der Waals surface area contributed by atoms with E-state index >= 15 is 0 Å². The third-order valence-electron chi connectivity index (χ3n) is 11.1. The molecule has 1 atom stereocenters. The Labute approximate surface area is 329 Å². The standard InChI is InChI=1S/C45H42N7O5/c1-45(57-32-13-14-32,31-7-5-4-6-8-31)41-34-26-30(35-27-50(2)42(54)40-33(35)17-21-46-40)12-15-36(34)47-43(49-41)51-22-18-28(19-23-51)9-10-29-11-16-38(56-3)37(25-29)52-24-20-39(53)48-44(52)55/h4-8,11-12,15-17,21,25-28,32,46H,1,13-14,18-20,22-24H2,2-3H3,(H,48,53,55). The third-order valence-corrected chi connectivity index (χ3v) is 11.1. The molecule has 5 heterocycles. The van der Waals surface area contributed by atoms with Crippen molar-refractivity contribution in [3.63, 3.8) is 0 Å². The number of anilines is 2. The van der Waals surface area contributed by atoms with Crippen LogP contribution in [0.5, 0.6) is 5.75 Å². The number of piperidine rings is 1. The lowest BCUT2D eigenvalue weighted by Crippen LogP contribution is -2.49. The summed E-state index contributed by atoms with van der Waals surface area (Å²) in [6.45, 7) is 6.46. The largest absolute Gasteiger partial charge is 0.495 e. The topological polar surface area (TPSA) is 135 Å². The molecule has 1 aliphatic carbocycles. The van der Waals surface area contributed by atoms with Gasteiger partial charge in [-0.2, -0.15) is 0 Å². The van der Waals surface area contributed by atoms with Crippen molar-refractivity contribution in [1.82, 2.24) is 24.8 Å². The van der Waals surface area contributed by atoms with E-state index in [-0.39, 0.29) is 36.5 Å². The summed E-state index contributed by atoms with van der Waals surface area (Å²) >= 11 is 0. The van der Waals surface area contributed by atoms with Gasteiger partial charge in [0, 0.05) is 73.3 Å². The van der Waals surface area contributed by atoms with E-state index in [0.717, 1.165) is 64.2 Å². The normalized spacial score (nSPS) is 17.3. The molecule has 3 amide bonds. The number of nitrogens with zero attached hydrogens (tertiary/aromatic N) is 5. The molecule has 2 saturated heterocycles. The van der Waals surface area contributed by atoms with Crippen molar-refractivity contribution < 1.29 is 19.1 Å². The fraction of sp³-hybridized carbons (Fsp3) is 0.289. The van der Waals surface area contributed by atoms with Gasteiger partial charge in [0.2, 0.25) is 11.9 Å². The average Bonchev–Trinajstić information content (AvgIpc) is 3.91. The number of hydrogen-bond donors (Lipinski definition) is 2. The molecule has 0 bridgehead atoms. The molecule has 1 radical (unpaired) electrons. The fourth-order valence-electron chi connectivity index (χ4n) is 7.85.